The Hall–Kier alpha value is -1.92. The van der Waals surface area contributed by atoms with Crippen LogP contribution in [0.25, 0.3) is 10.9 Å². The van der Waals surface area contributed by atoms with Crippen LogP contribution >= 0.6 is 0 Å². The molecule has 24 heavy (non-hydrogen) atoms. The molecule has 0 saturated carbocycles. The quantitative estimate of drug-likeness (QED) is 0.756. The zero-order valence-corrected chi connectivity index (χ0v) is 14.6. The molecule has 3 rings (SSSR count). The van der Waals surface area contributed by atoms with E-state index in [4.69, 9.17) is 9.47 Å². The van der Waals surface area contributed by atoms with Gasteiger partial charge in [-0.2, -0.15) is 0 Å². The number of benzene rings is 1. The summed E-state index contributed by atoms with van der Waals surface area (Å²) in [6, 6.07) is 3.85. The van der Waals surface area contributed by atoms with Crippen molar-refractivity contribution < 1.29 is 9.47 Å². The Balaban J connectivity index is 1.53. The molecule has 1 saturated heterocycles. The minimum atomic E-state index is 0.680. The summed E-state index contributed by atoms with van der Waals surface area (Å²) in [6.45, 7) is 6.43. The maximum absolute atomic E-state index is 5.96. The average Bonchev–Trinajstić information content (AvgIpc) is 2.82. The van der Waals surface area contributed by atoms with Crippen molar-refractivity contribution in [1.82, 2.24) is 19.8 Å². The summed E-state index contributed by atoms with van der Waals surface area (Å²) in [5.74, 6) is 1.48. The largest absolute Gasteiger partial charge is 0.493 e. The van der Waals surface area contributed by atoms with Gasteiger partial charge in [0, 0.05) is 37.3 Å². The number of fused-ring (bicyclic) bond motifs is 1. The van der Waals surface area contributed by atoms with Crippen molar-refractivity contribution in [3.8, 4) is 11.5 Å². The Morgan fingerprint density at radius 2 is 2.04 bits per heavy atom. The van der Waals surface area contributed by atoms with Gasteiger partial charge in [0.15, 0.2) is 11.5 Å². The lowest BCUT2D eigenvalue weighted by molar-refractivity contribution is 0.233. The molecule has 1 aliphatic heterocycles. The molecule has 0 bridgehead atoms. The van der Waals surface area contributed by atoms with Gasteiger partial charge < -0.3 is 19.3 Å². The van der Waals surface area contributed by atoms with Gasteiger partial charge >= 0.3 is 0 Å². The van der Waals surface area contributed by atoms with E-state index in [1.165, 1.54) is 19.5 Å². The molecule has 1 aromatic carbocycles. The molecular weight excluding hydrogens is 304 g/mol. The number of hydrogen-bond acceptors (Lipinski definition) is 6. The lowest BCUT2D eigenvalue weighted by Gasteiger charge is -2.20. The normalized spacial score (nSPS) is 16.9. The van der Waals surface area contributed by atoms with Crippen molar-refractivity contribution in [1.29, 1.82) is 0 Å². The standard InChI is InChI=1S/C18H26N4O2/c1-21-5-3-6-22(9-8-21)7-4-10-24-18-12-16-15(11-17(18)23-2)13-19-14-20-16/h11-14H,3-10H2,1-2H3. The second-order valence-electron chi connectivity index (χ2n) is 6.29. The van der Waals surface area contributed by atoms with Gasteiger partial charge in [-0.25, -0.2) is 9.97 Å². The van der Waals surface area contributed by atoms with Crippen molar-refractivity contribution in [2.24, 2.45) is 0 Å². The van der Waals surface area contributed by atoms with E-state index in [9.17, 15) is 0 Å². The van der Waals surface area contributed by atoms with E-state index in [0.29, 0.717) is 6.61 Å². The van der Waals surface area contributed by atoms with Crippen LogP contribution in [0.1, 0.15) is 12.8 Å². The van der Waals surface area contributed by atoms with Gasteiger partial charge in [0.05, 0.1) is 19.2 Å². The fraction of sp³-hybridized carbons (Fsp3) is 0.556. The van der Waals surface area contributed by atoms with Crippen molar-refractivity contribution in [3.63, 3.8) is 0 Å². The summed E-state index contributed by atoms with van der Waals surface area (Å²) >= 11 is 0. The third-order valence-electron chi connectivity index (χ3n) is 4.48. The molecule has 130 valence electrons. The lowest BCUT2D eigenvalue weighted by Crippen LogP contribution is -2.30. The number of ether oxygens (including phenoxy) is 2. The SMILES string of the molecule is COc1cc2cncnc2cc1OCCCN1CCCN(C)CC1. The molecule has 0 spiro atoms. The van der Waals surface area contributed by atoms with Crippen LogP contribution in [0, 0.1) is 0 Å². The second kappa shape index (κ2) is 8.26. The number of methoxy groups -OCH3 is 1. The van der Waals surface area contributed by atoms with Crippen LogP contribution in [-0.2, 0) is 0 Å². The highest BCUT2D eigenvalue weighted by molar-refractivity contribution is 5.81. The summed E-state index contributed by atoms with van der Waals surface area (Å²) in [5.41, 5.74) is 0.872. The first kappa shape index (κ1) is 16.9. The zero-order valence-electron chi connectivity index (χ0n) is 14.6. The average molecular weight is 330 g/mol. The maximum Gasteiger partial charge on any atom is 0.163 e. The predicted octanol–water partition coefficient (Wildman–Crippen LogP) is 2.04. The second-order valence-corrected chi connectivity index (χ2v) is 6.29. The summed E-state index contributed by atoms with van der Waals surface area (Å²) in [4.78, 5) is 13.2. The van der Waals surface area contributed by atoms with E-state index >= 15 is 0 Å². The Bertz CT molecular complexity index is 665. The van der Waals surface area contributed by atoms with Gasteiger partial charge in [0.2, 0.25) is 0 Å². The van der Waals surface area contributed by atoms with Crippen LogP contribution in [0.15, 0.2) is 24.7 Å². The molecule has 2 heterocycles. The molecule has 1 fully saturated rings. The van der Waals surface area contributed by atoms with Gasteiger partial charge in [-0.3, -0.25) is 0 Å². The number of rotatable bonds is 6. The zero-order chi connectivity index (χ0) is 16.8. The van der Waals surface area contributed by atoms with Crippen molar-refractivity contribution in [2.75, 3.05) is 53.5 Å². The van der Waals surface area contributed by atoms with Gasteiger partial charge in [0.25, 0.3) is 0 Å². The van der Waals surface area contributed by atoms with E-state index in [2.05, 4.69) is 26.8 Å². The van der Waals surface area contributed by atoms with E-state index < -0.39 is 0 Å². The molecule has 0 aliphatic carbocycles. The highest BCUT2D eigenvalue weighted by Crippen LogP contribution is 2.31. The van der Waals surface area contributed by atoms with Gasteiger partial charge in [-0.1, -0.05) is 0 Å². The van der Waals surface area contributed by atoms with Crippen LogP contribution in [0.4, 0.5) is 0 Å². The highest BCUT2D eigenvalue weighted by Gasteiger charge is 2.12. The number of aromatic nitrogens is 2. The van der Waals surface area contributed by atoms with Gasteiger partial charge in [0.1, 0.15) is 6.33 Å². The van der Waals surface area contributed by atoms with Gasteiger partial charge in [-0.15, -0.1) is 0 Å². The topological polar surface area (TPSA) is 50.7 Å². The van der Waals surface area contributed by atoms with Crippen LogP contribution < -0.4 is 9.47 Å². The Morgan fingerprint density at radius 1 is 1.12 bits per heavy atom. The van der Waals surface area contributed by atoms with E-state index in [1.54, 1.807) is 19.6 Å². The van der Waals surface area contributed by atoms with Crippen molar-refractivity contribution in [2.45, 2.75) is 12.8 Å². The third kappa shape index (κ3) is 4.33. The molecule has 2 aromatic rings. The Kier molecular flexibility index (Phi) is 5.82. The van der Waals surface area contributed by atoms with Gasteiger partial charge in [-0.05, 0) is 39.0 Å². The molecule has 1 aromatic heterocycles. The smallest absolute Gasteiger partial charge is 0.163 e. The number of likely N-dealkylation sites (N-methyl/N-ethyl adjacent to an activating group) is 1. The summed E-state index contributed by atoms with van der Waals surface area (Å²) in [6.07, 6.45) is 5.59. The first-order valence-corrected chi connectivity index (χ1v) is 8.58. The van der Waals surface area contributed by atoms with Crippen LogP contribution in [-0.4, -0.2) is 73.3 Å². The molecule has 0 unspecified atom stereocenters. The molecule has 6 nitrogen and oxygen atoms in total. The van der Waals surface area contributed by atoms with E-state index in [0.717, 1.165) is 48.5 Å². The van der Waals surface area contributed by atoms with E-state index in [1.807, 2.05) is 12.1 Å². The highest BCUT2D eigenvalue weighted by atomic mass is 16.5. The van der Waals surface area contributed by atoms with Crippen LogP contribution in [0.2, 0.25) is 0 Å². The fourth-order valence-electron chi connectivity index (χ4n) is 3.06. The molecule has 6 heteroatoms. The monoisotopic (exact) mass is 330 g/mol. The summed E-state index contributed by atoms with van der Waals surface area (Å²) in [7, 11) is 3.85. The molecule has 0 amide bonds. The lowest BCUT2D eigenvalue weighted by atomic mass is 10.2. The van der Waals surface area contributed by atoms with Crippen molar-refractivity contribution in [3.05, 3.63) is 24.7 Å². The fourth-order valence-corrected chi connectivity index (χ4v) is 3.06. The Morgan fingerprint density at radius 3 is 2.92 bits per heavy atom. The third-order valence-corrected chi connectivity index (χ3v) is 4.48. The minimum Gasteiger partial charge on any atom is -0.493 e. The van der Waals surface area contributed by atoms with Crippen molar-refractivity contribution >= 4 is 10.9 Å². The molecule has 0 radical (unpaired) electrons. The molecule has 0 atom stereocenters. The summed E-state index contributed by atoms with van der Waals surface area (Å²) in [5, 5.41) is 0.954. The van der Waals surface area contributed by atoms with Crippen LogP contribution in [0.3, 0.4) is 0 Å². The Labute approximate surface area is 143 Å². The minimum absolute atomic E-state index is 0.680. The number of hydrogen-bond donors (Lipinski definition) is 0. The first-order chi connectivity index (χ1) is 11.8. The molecule has 0 N–H and O–H groups in total. The molecule has 1 aliphatic rings. The number of nitrogens with zero attached hydrogens (tertiary/aromatic N) is 4. The first-order valence-electron chi connectivity index (χ1n) is 8.58. The van der Waals surface area contributed by atoms with E-state index in [-0.39, 0.29) is 0 Å². The predicted molar refractivity (Wildman–Crippen MR) is 94.8 cm³/mol. The maximum atomic E-state index is 5.96. The summed E-state index contributed by atoms with van der Waals surface area (Å²) < 4.78 is 11.4. The van der Waals surface area contributed by atoms with Crippen LogP contribution in [0.5, 0.6) is 11.5 Å². The molecular formula is C18H26N4O2.